The van der Waals surface area contributed by atoms with Crippen molar-refractivity contribution in [3.63, 3.8) is 0 Å². The Hall–Kier alpha value is -1.02. The van der Waals surface area contributed by atoms with Crippen LogP contribution in [0.15, 0.2) is 29.4 Å². The van der Waals surface area contributed by atoms with E-state index in [1.807, 2.05) is 19.1 Å². The lowest BCUT2D eigenvalue weighted by Crippen LogP contribution is -1.97. The zero-order valence-corrected chi connectivity index (χ0v) is 9.66. The number of rotatable bonds is 3. The monoisotopic (exact) mass is 223 g/mol. The number of halogens is 1. The van der Waals surface area contributed by atoms with E-state index >= 15 is 0 Å². The molecule has 1 fully saturated rings. The third kappa shape index (κ3) is 2.32. The maximum absolute atomic E-state index is 5.84. The quantitative estimate of drug-likeness (QED) is 0.568. The first-order valence-electron chi connectivity index (χ1n) is 5.05. The molecule has 0 N–H and O–H groups in total. The van der Waals surface area contributed by atoms with Gasteiger partial charge in [-0.05, 0) is 37.0 Å². The van der Waals surface area contributed by atoms with Crippen LogP contribution >= 0.6 is 11.6 Å². The first kappa shape index (κ1) is 10.5. The summed E-state index contributed by atoms with van der Waals surface area (Å²) in [6, 6.07) is 8.06. The highest BCUT2D eigenvalue weighted by molar-refractivity contribution is 6.30. The topological polar surface area (TPSA) is 21.6 Å². The molecule has 0 radical (unpaired) electrons. The lowest BCUT2D eigenvalue weighted by molar-refractivity contribution is 0.212. The van der Waals surface area contributed by atoms with Gasteiger partial charge in [-0.15, -0.1) is 0 Å². The van der Waals surface area contributed by atoms with Crippen molar-refractivity contribution in [2.24, 2.45) is 11.1 Å². The molecule has 80 valence electrons. The molecule has 1 aliphatic carbocycles. The number of oxime groups is 1. The lowest BCUT2D eigenvalue weighted by Gasteiger charge is -2.00. The molecule has 0 spiro atoms. The minimum atomic E-state index is 0.547. The van der Waals surface area contributed by atoms with Gasteiger partial charge in [0.15, 0.2) is 0 Å². The number of nitrogens with zero attached hydrogens (tertiary/aromatic N) is 1. The molecule has 0 aliphatic heterocycles. The van der Waals surface area contributed by atoms with E-state index in [4.69, 9.17) is 16.4 Å². The van der Waals surface area contributed by atoms with Crippen LogP contribution in [-0.2, 0) is 4.84 Å². The van der Waals surface area contributed by atoms with Crippen LogP contribution in [0.2, 0.25) is 5.02 Å². The zero-order valence-electron chi connectivity index (χ0n) is 8.90. The van der Waals surface area contributed by atoms with Gasteiger partial charge in [-0.2, -0.15) is 0 Å². The molecule has 0 amide bonds. The molecule has 0 saturated heterocycles. The highest BCUT2D eigenvalue weighted by Gasteiger charge is 2.40. The second-order valence-corrected chi connectivity index (χ2v) is 4.35. The first-order chi connectivity index (χ1) is 7.22. The minimum Gasteiger partial charge on any atom is -0.399 e. The molecular weight excluding hydrogens is 210 g/mol. The molecule has 0 bridgehead atoms. The van der Waals surface area contributed by atoms with E-state index in [1.165, 1.54) is 12.0 Å². The molecule has 1 aliphatic rings. The minimum absolute atomic E-state index is 0.547. The van der Waals surface area contributed by atoms with Crippen molar-refractivity contribution in [3.05, 3.63) is 34.9 Å². The van der Waals surface area contributed by atoms with Crippen molar-refractivity contribution in [1.29, 1.82) is 0 Å². The van der Waals surface area contributed by atoms with Crippen LogP contribution in [0, 0.1) is 5.92 Å². The van der Waals surface area contributed by atoms with Crippen LogP contribution in [0.1, 0.15) is 24.8 Å². The smallest absolute Gasteiger partial charge is 0.106 e. The summed E-state index contributed by atoms with van der Waals surface area (Å²) < 4.78 is 0. The van der Waals surface area contributed by atoms with Gasteiger partial charge in [0, 0.05) is 10.9 Å². The maximum Gasteiger partial charge on any atom is 0.106 e. The largest absolute Gasteiger partial charge is 0.399 e. The van der Waals surface area contributed by atoms with E-state index in [-0.39, 0.29) is 0 Å². The van der Waals surface area contributed by atoms with Crippen molar-refractivity contribution < 1.29 is 4.84 Å². The van der Waals surface area contributed by atoms with Crippen molar-refractivity contribution in [2.45, 2.75) is 19.3 Å². The summed E-state index contributed by atoms with van der Waals surface area (Å²) in [7, 11) is 1.59. The van der Waals surface area contributed by atoms with Crippen molar-refractivity contribution >= 4 is 17.3 Å². The molecule has 0 heterocycles. The molecular formula is C12H14ClNO. The number of hydrogen-bond donors (Lipinski definition) is 0. The summed E-state index contributed by atoms with van der Waals surface area (Å²) in [5, 5.41) is 4.76. The third-order valence-electron chi connectivity index (χ3n) is 2.86. The standard InChI is InChI=1S/C12H14ClNO/c1-8(14-15-2)11-7-12(11)9-3-5-10(13)6-4-9/h3-6,11-12H,7H2,1-2H3/b14-8-/t11-,12-/m0/s1. The van der Waals surface area contributed by atoms with Crippen LogP contribution in [-0.4, -0.2) is 12.8 Å². The van der Waals surface area contributed by atoms with E-state index in [2.05, 4.69) is 17.3 Å². The molecule has 2 nitrogen and oxygen atoms in total. The Balaban J connectivity index is 2.05. The van der Waals surface area contributed by atoms with Gasteiger partial charge in [0.25, 0.3) is 0 Å². The van der Waals surface area contributed by atoms with Gasteiger partial charge in [-0.1, -0.05) is 28.9 Å². The number of benzene rings is 1. The average Bonchev–Trinajstić information content (AvgIpc) is 2.99. The van der Waals surface area contributed by atoms with Crippen molar-refractivity contribution in [1.82, 2.24) is 0 Å². The van der Waals surface area contributed by atoms with Gasteiger partial charge in [-0.3, -0.25) is 0 Å². The second kappa shape index (κ2) is 4.23. The summed E-state index contributed by atoms with van der Waals surface area (Å²) in [5.41, 5.74) is 2.42. The van der Waals surface area contributed by atoms with Crippen LogP contribution < -0.4 is 0 Å². The van der Waals surface area contributed by atoms with Crippen LogP contribution in [0.25, 0.3) is 0 Å². The third-order valence-corrected chi connectivity index (χ3v) is 3.11. The molecule has 2 atom stereocenters. The Morgan fingerprint density at radius 1 is 1.40 bits per heavy atom. The van der Waals surface area contributed by atoms with E-state index in [0.717, 1.165) is 10.7 Å². The fourth-order valence-electron chi connectivity index (χ4n) is 1.95. The molecule has 15 heavy (non-hydrogen) atoms. The molecule has 1 aromatic carbocycles. The van der Waals surface area contributed by atoms with Gasteiger partial charge in [0.05, 0.1) is 5.71 Å². The van der Waals surface area contributed by atoms with E-state index < -0.39 is 0 Å². The van der Waals surface area contributed by atoms with Gasteiger partial charge in [-0.25, -0.2) is 0 Å². The van der Waals surface area contributed by atoms with Gasteiger partial charge < -0.3 is 4.84 Å². The fourth-order valence-corrected chi connectivity index (χ4v) is 2.07. The van der Waals surface area contributed by atoms with Crippen molar-refractivity contribution in [3.8, 4) is 0 Å². The SMILES string of the molecule is CO/N=C(/C)[C@@H]1C[C@H]1c1ccc(Cl)cc1. The summed E-state index contributed by atoms with van der Waals surface area (Å²) in [5.74, 6) is 1.15. The van der Waals surface area contributed by atoms with E-state index in [0.29, 0.717) is 11.8 Å². The maximum atomic E-state index is 5.84. The van der Waals surface area contributed by atoms with Crippen LogP contribution in [0.3, 0.4) is 0 Å². The van der Waals surface area contributed by atoms with Gasteiger partial charge in [0.1, 0.15) is 7.11 Å². The summed E-state index contributed by atoms with van der Waals surface area (Å²) in [6.45, 7) is 2.02. The Kier molecular flexibility index (Phi) is 2.96. The molecule has 3 heteroatoms. The molecule has 0 aromatic heterocycles. The Bertz CT molecular complexity index is 372. The summed E-state index contributed by atoms with van der Waals surface area (Å²) in [4.78, 5) is 4.78. The lowest BCUT2D eigenvalue weighted by atomic mass is 10.1. The van der Waals surface area contributed by atoms with E-state index in [9.17, 15) is 0 Å². The molecule has 1 aromatic rings. The van der Waals surface area contributed by atoms with Gasteiger partial charge >= 0.3 is 0 Å². The molecule has 2 rings (SSSR count). The van der Waals surface area contributed by atoms with Gasteiger partial charge in [0.2, 0.25) is 0 Å². The normalized spacial score (nSPS) is 25.1. The number of hydrogen-bond acceptors (Lipinski definition) is 2. The Labute approximate surface area is 94.9 Å². The predicted octanol–water partition coefficient (Wildman–Crippen LogP) is 3.47. The van der Waals surface area contributed by atoms with Crippen molar-refractivity contribution in [2.75, 3.05) is 7.11 Å². The average molecular weight is 224 g/mol. The van der Waals surface area contributed by atoms with Crippen LogP contribution in [0.4, 0.5) is 0 Å². The Morgan fingerprint density at radius 2 is 2.07 bits per heavy atom. The summed E-state index contributed by atoms with van der Waals surface area (Å²) in [6.07, 6.45) is 1.17. The summed E-state index contributed by atoms with van der Waals surface area (Å²) >= 11 is 5.84. The predicted molar refractivity (Wildman–Crippen MR) is 62.4 cm³/mol. The van der Waals surface area contributed by atoms with E-state index in [1.54, 1.807) is 7.11 Å². The first-order valence-corrected chi connectivity index (χ1v) is 5.43. The van der Waals surface area contributed by atoms with Crippen LogP contribution in [0.5, 0.6) is 0 Å². The highest BCUT2D eigenvalue weighted by atomic mass is 35.5. The second-order valence-electron chi connectivity index (χ2n) is 3.92. The zero-order chi connectivity index (χ0) is 10.8. The Morgan fingerprint density at radius 3 is 2.67 bits per heavy atom. The fraction of sp³-hybridized carbons (Fsp3) is 0.417. The molecule has 0 unspecified atom stereocenters. The molecule has 1 saturated carbocycles. The highest BCUT2D eigenvalue weighted by Crippen LogP contribution is 2.48.